The van der Waals surface area contributed by atoms with Crippen LogP contribution in [0.4, 0.5) is 5.69 Å². The number of halogens is 1. The second kappa shape index (κ2) is 11.3. The molecule has 2 aromatic rings. The third kappa shape index (κ3) is 6.05. The molecule has 0 amide bonds. The molecule has 1 fully saturated rings. The average Bonchev–Trinajstić information content (AvgIpc) is 3.31. The highest BCUT2D eigenvalue weighted by Gasteiger charge is 2.26. The highest BCUT2D eigenvalue weighted by atomic mass is 35.5. The van der Waals surface area contributed by atoms with E-state index in [0.717, 1.165) is 43.3 Å². The van der Waals surface area contributed by atoms with Gasteiger partial charge in [0.05, 0.1) is 24.9 Å². The van der Waals surface area contributed by atoms with Gasteiger partial charge < -0.3 is 24.7 Å². The predicted octanol–water partition coefficient (Wildman–Crippen LogP) is 5.02. The lowest BCUT2D eigenvalue weighted by Crippen LogP contribution is -2.26. The van der Waals surface area contributed by atoms with Gasteiger partial charge in [0, 0.05) is 30.2 Å². The number of aldehydes is 1. The standard InChI is InChI=1S/C24H31ClN2O4/c1-29-18-11-17(12-19(13-18)30-2)16-31-24-15-22(26)21(25)14-20(24)23(7-3-6-10-28)27-8-4-5-9-27/h10-15,23H,3-9,16,26H2,1-2H3. The Labute approximate surface area is 189 Å². The van der Waals surface area contributed by atoms with Crippen molar-refractivity contribution in [2.75, 3.05) is 33.0 Å². The zero-order valence-corrected chi connectivity index (χ0v) is 19.0. The quantitative estimate of drug-likeness (QED) is 0.296. The maximum atomic E-state index is 10.9. The second-order valence-corrected chi connectivity index (χ2v) is 8.18. The van der Waals surface area contributed by atoms with Crippen LogP contribution in [0, 0.1) is 0 Å². The molecule has 1 saturated heterocycles. The summed E-state index contributed by atoms with van der Waals surface area (Å²) < 4.78 is 17.0. The Morgan fingerprint density at radius 1 is 1.10 bits per heavy atom. The molecule has 168 valence electrons. The molecule has 2 N–H and O–H groups in total. The minimum atomic E-state index is 0.135. The lowest BCUT2D eigenvalue weighted by molar-refractivity contribution is -0.108. The highest BCUT2D eigenvalue weighted by molar-refractivity contribution is 6.33. The van der Waals surface area contributed by atoms with Gasteiger partial charge in [-0.05, 0) is 62.5 Å². The van der Waals surface area contributed by atoms with Crippen LogP contribution in [0.3, 0.4) is 0 Å². The number of rotatable bonds is 11. The van der Waals surface area contributed by atoms with Crippen molar-refractivity contribution in [2.24, 2.45) is 0 Å². The molecule has 1 heterocycles. The minimum Gasteiger partial charge on any atom is -0.497 e. The molecule has 0 radical (unpaired) electrons. The van der Waals surface area contributed by atoms with Crippen molar-refractivity contribution in [3.63, 3.8) is 0 Å². The Balaban J connectivity index is 1.89. The molecule has 7 heteroatoms. The molecular weight excluding hydrogens is 416 g/mol. The molecule has 0 aliphatic carbocycles. The molecule has 1 unspecified atom stereocenters. The number of nitrogen functional groups attached to an aromatic ring is 1. The topological polar surface area (TPSA) is 74.0 Å². The average molecular weight is 447 g/mol. The molecular formula is C24H31ClN2O4. The summed E-state index contributed by atoms with van der Waals surface area (Å²) >= 11 is 6.41. The molecule has 2 aromatic carbocycles. The predicted molar refractivity (Wildman–Crippen MR) is 123 cm³/mol. The number of carbonyl (C=O) groups excluding carboxylic acids is 1. The number of ether oxygens (including phenoxy) is 3. The first kappa shape index (κ1) is 23.2. The highest BCUT2D eigenvalue weighted by Crippen LogP contribution is 2.39. The van der Waals surface area contributed by atoms with Gasteiger partial charge in [0.15, 0.2) is 0 Å². The van der Waals surface area contributed by atoms with Gasteiger partial charge in [-0.2, -0.15) is 0 Å². The zero-order valence-electron chi connectivity index (χ0n) is 18.2. The molecule has 31 heavy (non-hydrogen) atoms. The number of benzene rings is 2. The summed E-state index contributed by atoms with van der Waals surface area (Å²) in [6.07, 6.45) is 5.55. The molecule has 0 spiro atoms. The maximum Gasteiger partial charge on any atom is 0.126 e. The summed E-state index contributed by atoms with van der Waals surface area (Å²) in [5.41, 5.74) is 8.54. The van der Waals surface area contributed by atoms with E-state index >= 15 is 0 Å². The fourth-order valence-corrected chi connectivity index (χ4v) is 4.24. The van der Waals surface area contributed by atoms with E-state index in [0.29, 0.717) is 41.0 Å². The van der Waals surface area contributed by atoms with Gasteiger partial charge in [0.25, 0.3) is 0 Å². The van der Waals surface area contributed by atoms with Gasteiger partial charge in [-0.15, -0.1) is 0 Å². The second-order valence-electron chi connectivity index (χ2n) is 7.78. The molecule has 1 aliphatic heterocycles. The van der Waals surface area contributed by atoms with Crippen LogP contribution in [-0.2, 0) is 11.4 Å². The Morgan fingerprint density at radius 3 is 2.39 bits per heavy atom. The van der Waals surface area contributed by atoms with Crippen LogP contribution >= 0.6 is 11.6 Å². The van der Waals surface area contributed by atoms with Gasteiger partial charge in [-0.25, -0.2) is 0 Å². The summed E-state index contributed by atoms with van der Waals surface area (Å²) in [7, 11) is 3.24. The van der Waals surface area contributed by atoms with Crippen molar-refractivity contribution < 1.29 is 19.0 Å². The van der Waals surface area contributed by atoms with Gasteiger partial charge in [-0.3, -0.25) is 4.90 Å². The lowest BCUT2D eigenvalue weighted by atomic mass is 9.98. The van der Waals surface area contributed by atoms with Crippen LogP contribution < -0.4 is 19.9 Å². The maximum absolute atomic E-state index is 10.9. The number of likely N-dealkylation sites (tertiary alicyclic amines) is 1. The van der Waals surface area contributed by atoms with E-state index in [1.165, 1.54) is 12.8 Å². The summed E-state index contributed by atoms with van der Waals surface area (Å²) in [4.78, 5) is 13.3. The first-order valence-corrected chi connectivity index (χ1v) is 11.0. The third-order valence-corrected chi connectivity index (χ3v) is 6.00. The van der Waals surface area contributed by atoms with Gasteiger partial charge >= 0.3 is 0 Å². The fourth-order valence-electron chi connectivity index (χ4n) is 4.06. The number of anilines is 1. The summed E-state index contributed by atoms with van der Waals surface area (Å²) in [6.45, 7) is 2.39. The van der Waals surface area contributed by atoms with Crippen LogP contribution in [0.25, 0.3) is 0 Å². The Bertz CT molecular complexity index is 862. The SMILES string of the molecule is COc1cc(COc2cc(N)c(Cl)cc2C(CCCC=O)N2CCCC2)cc(OC)c1. The number of nitrogens with zero attached hydrogens (tertiary/aromatic N) is 1. The number of carbonyl (C=O) groups is 1. The van der Waals surface area contributed by atoms with E-state index < -0.39 is 0 Å². The first-order valence-electron chi connectivity index (χ1n) is 10.7. The van der Waals surface area contributed by atoms with E-state index in [9.17, 15) is 4.79 Å². The number of hydrogen-bond donors (Lipinski definition) is 1. The van der Waals surface area contributed by atoms with Crippen molar-refractivity contribution in [1.82, 2.24) is 4.90 Å². The Kier molecular flexibility index (Phi) is 8.43. The molecule has 3 rings (SSSR count). The molecule has 1 aliphatic rings. The molecule has 0 saturated carbocycles. The normalized spacial score (nSPS) is 14.9. The molecule has 0 aromatic heterocycles. The van der Waals surface area contributed by atoms with Crippen LogP contribution in [0.5, 0.6) is 17.2 Å². The van der Waals surface area contributed by atoms with E-state index in [4.69, 9.17) is 31.5 Å². The van der Waals surface area contributed by atoms with Crippen molar-refractivity contribution in [3.05, 3.63) is 46.5 Å². The van der Waals surface area contributed by atoms with Crippen LogP contribution in [0.2, 0.25) is 5.02 Å². The van der Waals surface area contributed by atoms with Crippen molar-refractivity contribution in [1.29, 1.82) is 0 Å². The molecule has 1 atom stereocenters. The summed E-state index contributed by atoms with van der Waals surface area (Å²) in [5, 5.41) is 0.519. The van der Waals surface area contributed by atoms with Crippen LogP contribution in [-0.4, -0.2) is 38.5 Å². The van der Waals surface area contributed by atoms with Gasteiger partial charge in [0.1, 0.15) is 30.1 Å². The summed E-state index contributed by atoms with van der Waals surface area (Å²) in [6, 6.07) is 9.52. The monoisotopic (exact) mass is 446 g/mol. The minimum absolute atomic E-state index is 0.135. The number of nitrogens with two attached hydrogens (primary N) is 1. The smallest absolute Gasteiger partial charge is 0.126 e. The van der Waals surface area contributed by atoms with Crippen LogP contribution in [0.15, 0.2) is 30.3 Å². The zero-order chi connectivity index (χ0) is 22.2. The fraction of sp³-hybridized carbons (Fsp3) is 0.458. The van der Waals surface area contributed by atoms with E-state index in [1.54, 1.807) is 20.3 Å². The Hall–Kier alpha value is -2.44. The molecule has 0 bridgehead atoms. The van der Waals surface area contributed by atoms with Gasteiger partial charge in [-0.1, -0.05) is 11.6 Å². The van der Waals surface area contributed by atoms with Gasteiger partial charge in [0.2, 0.25) is 0 Å². The van der Waals surface area contributed by atoms with E-state index in [2.05, 4.69) is 4.90 Å². The van der Waals surface area contributed by atoms with Crippen molar-refractivity contribution in [2.45, 2.75) is 44.8 Å². The Morgan fingerprint density at radius 2 is 1.77 bits per heavy atom. The van der Waals surface area contributed by atoms with E-state index in [-0.39, 0.29) is 6.04 Å². The van der Waals surface area contributed by atoms with Crippen LogP contribution in [0.1, 0.15) is 49.3 Å². The van der Waals surface area contributed by atoms with Crippen molar-refractivity contribution in [3.8, 4) is 17.2 Å². The number of hydrogen-bond acceptors (Lipinski definition) is 6. The largest absolute Gasteiger partial charge is 0.497 e. The number of methoxy groups -OCH3 is 2. The molecule has 6 nitrogen and oxygen atoms in total. The number of unbranched alkanes of at least 4 members (excludes halogenated alkanes) is 1. The van der Waals surface area contributed by atoms with E-state index in [1.807, 2.05) is 24.3 Å². The lowest BCUT2D eigenvalue weighted by Gasteiger charge is -2.30. The van der Waals surface area contributed by atoms with Crippen molar-refractivity contribution >= 4 is 23.6 Å². The summed E-state index contributed by atoms with van der Waals surface area (Å²) in [5.74, 6) is 2.13. The first-order chi connectivity index (χ1) is 15.0. The third-order valence-electron chi connectivity index (χ3n) is 5.67.